The first-order chi connectivity index (χ1) is 7.58. The van der Waals surface area contributed by atoms with Crippen LogP contribution in [0.5, 0.6) is 0 Å². The number of nitrogens with zero attached hydrogens (tertiary/aromatic N) is 1. The minimum atomic E-state index is -0.535. The second-order valence-electron chi connectivity index (χ2n) is 3.44. The van der Waals surface area contributed by atoms with Gasteiger partial charge < -0.3 is 9.67 Å². The van der Waals surface area contributed by atoms with Crippen molar-refractivity contribution in [3.8, 4) is 0 Å². The van der Waals surface area contributed by atoms with Crippen LogP contribution >= 0.6 is 0 Å². The van der Waals surface area contributed by atoms with Gasteiger partial charge in [-0.3, -0.25) is 9.78 Å². The molecule has 0 saturated carbocycles. The highest BCUT2D eigenvalue weighted by Crippen LogP contribution is 2.02. The van der Waals surface area contributed by atoms with Crippen LogP contribution in [0.25, 0.3) is 0 Å². The third-order valence-corrected chi connectivity index (χ3v) is 2.22. The largest absolute Gasteiger partial charge is 0.392 e. The Morgan fingerprint density at radius 1 is 1.62 bits per heavy atom. The van der Waals surface area contributed by atoms with Gasteiger partial charge >= 0.3 is 5.69 Å². The molecule has 5 nitrogen and oxygen atoms in total. The number of aromatic nitrogens is 2. The van der Waals surface area contributed by atoms with Crippen molar-refractivity contribution in [3.05, 3.63) is 44.5 Å². The van der Waals surface area contributed by atoms with Crippen molar-refractivity contribution in [2.24, 2.45) is 0 Å². The highest BCUT2D eigenvalue weighted by atomic mass is 19.1. The summed E-state index contributed by atoms with van der Waals surface area (Å²) in [6, 6.07) is 0. The molecule has 1 aromatic rings. The van der Waals surface area contributed by atoms with Crippen LogP contribution in [0, 0.1) is 6.92 Å². The fourth-order valence-electron chi connectivity index (χ4n) is 1.22. The average Bonchev–Trinajstić information content (AvgIpc) is 2.26. The van der Waals surface area contributed by atoms with Crippen LogP contribution in [0.1, 0.15) is 12.0 Å². The number of aliphatic hydroxyl groups is 1. The molecule has 1 heterocycles. The number of rotatable bonds is 4. The molecule has 16 heavy (non-hydrogen) atoms. The maximum absolute atomic E-state index is 12.1. The molecule has 1 aromatic heterocycles. The lowest BCUT2D eigenvalue weighted by Crippen LogP contribution is -2.30. The standard InChI is InChI=1S/C10H13FN2O3/c1-7-5-13(10(16)12-9(7)15)3-2-8(4-11)6-14/h4-5,14H,2-3,6H2,1H3,(H,12,15,16). The molecule has 88 valence electrons. The predicted molar refractivity (Wildman–Crippen MR) is 57.0 cm³/mol. The van der Waals surface area contributed by atoms with Crippen molar-refractivity contribution in [2.75, 3.05) is 6.61 Å². The number of aryl methyl sites for hydroxylation is 2. The van der Waals surface area contributed by atoms with Crippen LogP contribution in [0.2, 0.25) is 0 Å². The average molecular weight is 228 g/mol. The van der Waals surface area contributed by atoms with E-state index in [-0.39, 0.29) is 25.1 Å². The minimum absolute atomic E-state index is 0.204. The van der Waals surface area contributed by atoms with Crippen molar-refractivity contribution in [1.82, 2.24) is 9.55 Å². The van der Waals surface area contributed by atoms with E-state index in [0.29, 0.717) is 11.9 Å². The van der Waals surface area contributed by atoms with Gasteiger partial charge in [-0.25, -0.2) is 9.18 Å². The van der Waals surface area contributed by atoms with Gasteiger partial charge in [-0.05, 0) is 18.9 Å². The molecule has 0 spiro atoms. The van der Waals surface area contributed by atoms with Gasteiger partial charge in [0.15, 0.2) is 0 Å². The third-order valence-electron chi connectivity index (χ3n) is 2.22. The summed E-state index contributed by atoms with van der Waals surface area (Å²) in [6.45, 7) is 1.41. The fourth-order valence-corrected chi connectivity index (χ4v) is 1.22. The van der Waals surface area contributed by atoms with Crippen LogP contribution in [0.3, 0.4) is 0 Å². The summed E-state index contributed by atoms with van der Waals surface area (Å²) in [7, 11) is 0. The van der Waals surface area contributed by atoms with E-state index in [0.717, 1.165) is 0 Å². The number of aromatic amines is 1. The molecular formula is C10H13FN2O3. The Kier molecular flexibility index (Phi) is 4.19. The molecule has 6 heteroatoms. The van der Waals surface area contributed by atoms with Gasteiger partial charge in [0.25, 0.3) is 5.56 Å². The van der Waals surface area contributed by atoms with E-state index in [2.05, 4.69) is 4.98 Å². The number of hydrogen-bond acceptors (Lipinski definition) is 3. The first kappa shape index (κ1) is 12.4. The number of halogens is 1. The van der Waals surface area contributed by atoms with Crippen molar-refractivity contribution in [1.29, 1.82) is 0 Å². The Labute approximate surface area is 90.9 Å². The second kappa shape index (κ2) is 5.41. The molecule has 0 aliphatic rings. The number of hydrogen-bond donors (Lipinski definition) is 2. The Morgan fingerprint density at radius 2 is 2.31 bits per heavy atom. The van der Waals surface area contributed by atoms with Crippen molar-refractivity contribution < 1.29 is 9.50 Å². The van der Waals surface area contributed by atoms with Crippen LogP contribution in [0.15, 0.2) is 27.7 Å². The molecular weight excluding hydrogens is 215 g/mol. The maximum Gasteiger partial charge on any atom is 0.328 e. The van der Waals surface area contributed by atoms with Crippen molar-refractivity contribution in [3.63, 3.8) is 0 Å². The van der Waals surface area contributed by atoms with E-state index < -0.39 is 11.2 Å². The zero-order valence-electron chi connectivity index (χ0n) is 8.86. The second-order valence-corrected chi connectivity index (χ2v) is 3.44. The quantitative estimate of drug-likeness (QED) is 0.766. The Bertz CT molecular complexity index is 502. The molecule has 0 saturated heterocycles. The van der Waals surface area contributed by atoms with E-state index in [1.807, 2.05) is 0 Å². The zero-order chi connectivity index (χ0) is 12.1. The van der Waals surface area contributed by atoms with E-state index in [9.17, 15) is 14.0 Å². The van der Waals surface area contributed by atoms with E-state index in [1.54, 1.807) is 6.92 Å². The topological polar surface area (TPSA) is 75.1 Å². The maximum atomic E-state index is 12.1. The molecule has 1 rings (SSSR count). The van der Waals surface area contributed by atoms with Crippen LogP contribution < -0.4 is 11.2 Å². The van der Waals surface area contributed by atoms with Gasteiger partial charge in [0.2, 0.25) is 0 Å². The Balaban J connectivity index is 2.87. The molecule has 0 radical (unpaired) electrons. The molecule has 0 fully saturated rings. The SMILES string of the molecule is Cc1cn(CCC(=CF)CO)c(=O)[nH]c1=O. The van der Waals surface area contributed by atoms with Gasteiger partial charge in [-0.15, -0.1) is 0 Å². The van der Waals surface area contributed by atoms with E-state index in [1.165, 1.54) is 10.8 Å². The number of nitrogens with one attached hydrogen (secondary N) is 1. The van der Waals surface area contributed by atoms with Gasteiger partial charge in [0.05, 0.1) is 12.9 Å². The van der Waals surface area contributed by atoms with Crippen LogP contribution in [-0.2, 0) is 6.54 Å². The lowest BCUT2D eigenvalue weighted by atomic mass is 10.2. The first-order valence-corrected chi connectivity index (χ1v) is 4.78. The molecule has 0 aliphatic carbocycles. The number of H-pyrrole nitrogens is 1. The molecule has 0 aromatic carbocycles. The Hall–Kier alpha value is -1.69. The normalized spacial score (nSPS) is 11.8. The first-order valence-electron chi connectivity index (χ1n) is 4.78. The molecule has 0 atom stereocenters. The highest BCUT2D eigenvalue weighted by Gasteiger charge is 2.02. The fraction of sp³-hybridized carbons (Fsp3) is 0.400. The lowest BCUT2D eigenvalue weighted by Gasteiger charge is -2.06. The summed E-state index contributed by atoms with van der Waals surface area (Å²) in [5.41, 5.74) is -0.346. The monoisotopic (exact) mass is 228 g/mol. The molecule has 0 amide bonds. The zero-order valence-corrected chi connectivity index (χ0v) is 8.86. The van der Waals surface area contributed by atoms with Crippen LogP contribution in [0.4, 0.5) is 4.39 Å². The summed E-state index contributed by atoms with van der Waals surface area (Å²) >= 11 is 0. The van der Waals surface area contributed by atoms with Gasteiger partial charge in [-0.1, -0.05) is 0 Å². The van der Waals surface area contributed by atoms with Crippen LogP contribution in [-0.4, -0.2) is 21.3 Å². The van der Waals surface area contributed by atoms with Gasteiger partial charge in [0, 0.05) is 18.3 Å². The van der Waals surface area contributed by atoms with Crippen molar-refractivity contribution >= 4 is 0 Å². The summed E-state index contributed by atoms with van der Waals surface area (Å²) in [5.74, 6) is 0. The van der Waals surface area contributed by atoms with Crippen molar-refractivity contribution in [2.45, 2.75) is 19.9 Å². The summed E-state index contributed by atoms with van der Waals surface area (Å²) in [6.07, 6.45) is 1.95. The smallest absolute Gasteiger partial charge is 0.328 e. The van der Waals surface area contributed by atoms with Gasteiger partial charge in [0.1, 0.15) is 0 Å². The number of aliphatic hydroxyl groups excluding tert-OH is 1. The van der Waals surface area contributed by atoms with E-state index >= 15 is 0 Å². The van der Waals surface area contributed by atoms with Gasteiger partial charge in [-0.2, -0.15) is 0 Å². The molecule has 0 unspecified atom stereocenters. The summed E-state index contributed by atoms with van der Waals surface area (Å²) < 4.78 is 13.4. The molecule has 0 aliphatic heterocycles. The highest BCUT2D eigenvalue weighted by molar-refractivity contribution is 5.02. The Morgan fingerprint density at radius 3 is 2.88 bits per heavy atom. The lowest BCUT2D eigenvalue weighted by molar-refractivity contribution is 0.321. The van der Waals surface area contributed by atoms with E-state index in [4.69, 9.17) is 5.11 Å². The molecule has 0 bridgehead atoms. The molecule has 2 N–H and O–H groups in total. The minimum Gasteiger partial charge on any atom is -0.392 e. The third kappa shape index (κ3) is 2.90. The summed E-state index contributed by atoms with van der Waals surface area (Å²) in [4.78, 5) is 24.5. The summed E-state index contributed by atoms with van der Waals surface area (Å²) in [5, 5.41) is 8.72. The predicted octanol–water partition coefficient (Wildman–Crippen LogP) is 0.0808.